The molecule has 2 aliphatic rings. The molecule has 1 saturated heterocycles. The largest absolute Gasteiger partial charge is 0.484 e. The molecule has 5 amide bonds. The first-order valence-corrected chi connectivity index (χ1v) is 28.1. The summed E-state index contributed by atoms with van der Waals surface area (Å²) in [6.07, 6.45) is 2.95. The third-order valence-corrected chi connectivity index (χ3v) is 13.9. The number of carboxylic acids is 1. The molecule has 20 nitrogen and oxygen atoms in total. The lowest BCUT2D eigenvalue weighted by Crippen LogP contribution is -2.63. The second kappa shape index (κ2) is 28.4. The Labute approximate surface area is 475 Å². The Bertz CT molecular complexity index is 2370. The number of nitrogens with one attached hydrogen (secondary N) is 3. The van der Waals surface area contributed by atoms with Gasteiger partial charge in [0, 0.05) is 19.3 Å². The van der Waals surface area contributed by atoms with Crippen LogP contribution in [0.5, 0.6) is 0 Å². The van der Waals surface area contributed by atoms with Gasteiger partial charge in [-0.25, -0.2) is 0 Å². The Balaban J connectivity index is 2.29. The summed E-state index contributed by atoms with van der Waals surface area (Å²) in [5.41, 5.74) is 2.12. The van der Waals surface area contributed by atoms with Gasteiger partial charge in [0.25, 0.3) is 5.91 Å². The van der Waals surface area contributed by atoms with E-state index in [9.17, 15) is 29.1 Å². The van der Waals surface area contributed by atoms with Gasteiger partial charge in [-0.15, -0.1) is 6.58 Å². The highest BCUT2D eigenvalue weighted by Crippen LogP contribution is 2.39. The number of imide groups is 1. The van der Waals surface area contributed by atoms with E-state index in [4.69, 9.17) is 34.2 Å². The molecule has 0 radical (unpaired) electrons. The molecular formula is C59H95BN6O14. The summed E-state index contributed by atoms with van der Waals surface area (Å²) in [5.74, 6) is -7.86. The Morgan fingerprint density at radius 2 is 1.30 bits per heavy atom. The number of ether oxygens (including phenoxy) is 3. The van der Waals surface area contributed by atoms with Gasteiger partial charge in [-0.1, -0.05) is 76.8 Å². The van der Waals surface area contributed by atoms with Crippen molar-refractivity contribution < 1.29 is 67.0 Å². The number of hydrogen-bond donors (Lipinski definition) is 5. The minimum Gasteiger partial charge on any atom is -0.481 e. The molecule has 1 aromatic rings. The average molecular weight is 1120 g/mol. The Kier molecular flexibility index (Phi) is 24.3. The highest BCUT2D eigenvalue weighted by atomic mass is 16.7. The molecule has 80 heavy (non-hydrogen) atoms. The third-order valence-electron chi connectivity index (χ3n) is 13.9. The number of aliphatic carboxylic acids is 1. The smallest absolute Gasteiger partial charge is 0.481 e. The van der Waals surface area contributed by atoms with E-state index >= 15 is 14.4 Å². The van der Waals surface area contributed by atoms with Crippen LogP contribution in [0.3, 0.4) is 0 Å². The number of carboxylic acid groups (broad SMARTS) is 1. The topological polar surface area (TPSA) is 281 Å². The lowest BCUT2D eigenvalue weighted by Gasteiger charge is -2.40. The molecule has 1 unspecified atom stereocenters. The number of rotatable bonds is 25. The van der Waals surface area contributed by atoms with E-state index in [1.165, 1.54) is 0 Å². The van der Waals surface area contributed by atoms with E-state index in [1.807, 2.05) is 61.5 Å². The van der Waals surface area contributed by atoms with Crippen LogP contribution in [0, 0.1) is 18.3 Å². The maximum Gasteiger partial charge on any atom is 0.484 e. The highest BCUT2D eigenvalue weighted by molar-refractivity contribution is 6.48. The molecule has 448 valence electrons. The van der Waals surface area contributed by atoms with Crippen LogP contribution in [0.1, 0.15) is 193 Å². The predicted octanol–water partition coefficient (Wildman–Crippen LogP) is 7.18. The zero-order chi connectivity index (χ0) is 60.9. The summed E-state index contributed by atoms with van der Waals surface area (Å²) in [5, 5.41) is 17.8. The molecule has 6 N–H and O–H groups in total. The van der Waals surface area contributed by atoms with Gasteiger partial charge in [0.05, 0.1) is 36.0 Å². The number of amides is 5. The molecule has 3 rings (SSSR count). The van der Waals surface area contributed by atoms with Crippen molar-refractivity contribution in [3.8, 4) is 0 Å². The molecule has 21 heteroatoms. The number of nitrogens with two attached hydrogens (primary N) is 1. The van der Waals surface area contributed by atoms with Crippen molar-refractivity contribution in [3.05, 3.63) is 48.0 Å². The molecule has 1 aliphatic heterocycles. The van der Waals surface area contributed by atoms with E-state index in [0.29, 0.717) is 5.56 Å². The fourth-order valence-electron chi connectivity index (χ4n) is 9.19. The fourth-order valence-corrected chi connectivity index (χ4v) is 9.19. The number of nitrogens with zero attached hydrogens (tertiary/aromatic N) is 2. The summed E-state index contributed by atoms with van der Waals surface area (Å²) < 4.78 is 30.8. The second-order valence-electron chi connectivity index (χ2n) is 26.4. The minimum absolute atomic E-state index is 0.00441. The highest BCUT2D eigenvalue weighted by Gasteiger charge is 2.54. The zero-order valence-electron chi connectivity index (χ0n) is 50.9. The van der Waals surface area contributed by atoms with Crippen LogP contribution in [-0.2, 0) is 68.3 Å². The van der Waals surface area contributed by atoms with Gasteiger partial charge in [0.1, 0.15) is 41.0 Å². The van der Waals surface area contributed by atoms with Crippen molar-refractivity contribution >= 4 is 60.5 Å². The molecule has 2 fully saturated rings. The van der Waals surface area contributed by atoms with Gasteiger partial charge >= 0.3 is 25.0 Å². The molecule has 1 heterocycles. The summed E-state index contributed by atoms with van der Waals surface area (Å²) in [7, 11) is -0.899. The lowest BCUT2D eigenvalue weighted by molar-refractivity contribution is -0.158. The number of esters is 2. The van der Waals surface area contributed by atoms with Crippen molar-refractivity contribution in [2.75, 3.05) is 0 Å². The van der Waals surface area contributed by atoms with Crippen LogP contribution >= 0.6 is 0 Å². The lowest BCUT2D eigenvalue weighted by atomic mass is 9.76. The number of hydrogen-bond acceptors (Lipinski definition) is 15. The number of aryl methyl sites for hydroxylation is 1. The Hall–Kier alpha value is -5.67. The van der Waals surface area contributed by atoms with Crippen LogP contribution in [-0.4, -0.2) is 135 Å². The second-order valence-corrected chi connectivity index (χ2v) is 26.4. The molecule has 0 bridgehead atoms. The van der Waals surface area contributed by atoms with Crippen molar-refractivity contribution in [2.45, 2.75) is 259 Å². The molecule has 6 atom stereocenters. The fraction of sp³-hybridized carbons (Fsp3) is 0.712. The average Bonchev–Trinajstić information content (AvgIpc) is 3.89. The van der Waals surface area contributed by atoms with Gasteiger partial charge in [-0.2, -0.15) is 0 Å². The quantitative estimate of drug-likeness (QED) is 0.0213. The molecule has 0 aromatic heterocycles. The van der Waals surface area contributed by atoms with Crippen LogP contribution in [0.2, 0.25) is 0 Å². The number of carbonyl (C=O) groups is 8. The first-order chi connectivity index (χ1) is 36.6. The van der Waals surface area contributed by atoms with Crippen molar-refractivity contribution in [3.63, 3.8) is 0 Å². The summed E-state index contributed by atoms with van der Waals surface area (Å²) in [4.78, 5) is 119. The van der Waals surface area contributed by atoms with Crippen LogP contribution in [0.4, 0.5) is 0 Å². The number of carbonyl (C=O) groups excluding carboxylic acids is 7. The molecular weight excluding hydrogens is 1030 g/mol. The Morgan fingerprint density at radius 3 is 1.81 bits per heavy atom. The van der Waals surface area contributed by atoms with Crippen LogP contribution < -0.4 is 21.7 Å². The normalized spacial score (nSPS) is 18.1. The monoisotopic (exact) mass is 1120 g/mol. The van der Waals surface area contributed by atoms with Gasteiger partial charge in [-0.3, -0.25) is 48.2 Å². The third kappa shape index (κ3) is 22.0. The first kappa shape index (κ1) is 68.6. The van der Waals surface area contributed by atoms with E-state index in [2.05, 4.69) is 22.5 Å². The van der Waals surface area contributed by atoms with E-state index < -0.39 is 156 Å². The SMILES string of the molecule is C=CCC(N=C(OC(C)(C)C)[C@H](CC1CCCC1)N(C(=O)CCC(=O)OC(C)(C)C)C(=O)[C@@H](NC(=O)[C@H](Cc1ccccc1C)NC(=O)[C@H](CCC(=O)O)NC(=O)[C@@H](N)CC(=O)OC(C)(C)C)C(C)(C)C)B1OC(C)(C)C(C)(C)O1. The molecule has 1 aromatic carbocycles. The number of aliphatic imine (C=N–C) groups is 1. The van der Waals surface area contributed by atoms with Crippen molar-refractivity contribution in [1.82, 2.24) is 20.9 Å². The van der Waals surface area contributed by atoms with E-state index in [1.54, 1.807) is 86.6 Å². The van der Waals surface area contributed by atoms with Crippen LogP contribution in [0.15, 0.2) is 41.9 Å². The van der Waals surface area contributed by atoms with Crippen LogP contribution in [0.25, 0.3) is 0 Å². The summed E-state index contributed by atoms with van der Waals surface area (Å²) in [6, 6.07) is -0.131. The summed E-state index contributed by atoms with van der Waals surface area (Å²) >= 11 is 0. The zero-order valence-corrected chi connectivity index (χ0v) is 50.9. The van der Waals surface area contributed by atoms with Gasteiger partial charge in [0.15, 0.2) is 0 Å². The van der Waals surface area contributed by atoms with Gasteiger partial charge in [0.2, 0.25) is 29.5 Å². The molecule has 1 aliphatic carbocycles. The standard InChI is InChI=1S/C59H95BN6O14/c1-19-24-43(60-79-58(15,16)59(17,18)80-60)64-52(78-57(12,13)14)42(33-37-26-21-22-27-37)66(44(67)30-32-46(70)76-55(6,7)8)53(75)48(54(3,4)5)65-51(74)41(34-38-28-23-20-25-36(38)2)63-50(73)40(29-31-45(68)69)62-49(72)39(61)35-47(71)77-56(9,10)11/h19-20,23,25,28,37,39-43,48H,1,21-22,24,26-27,29-35,61H2,2-18H3,(H,62,72)(H,63,73)(H,65,74)(H,68,69)/t39-,40-,41-,42-,43?,48+/m0/s1. The van der Waals surface area contributed by atoms with Crippen molar-refractivity contribution in [1.29, 1.82) is 0 Å². The first-order valence-electron chi connectivity index (χ1n) is 28.1. The molecule has 1 saturated carbocycles. The van der Waals surface area contributed by atoms with Crippen molar-refractivity contribution in [2.24, 2.45) is 22.1 Å². The number of benzene rings is 1. The van der Waals surface area contributed by atoms with E-state index in [-0.39, 0.29) is 31.1 Å². The van der Waals surface area contributed by atoms with Gasteiger partial charge < -0.3 is 50.3 Å². The molecule has 0 spiro atoms. The Morgan fingerprint density at radius 1 is 0.775 bits per heavy atom. The van der Waals surface area contributed by atoms with E-state index in [0.717, 1.165) is 36.1 Å². The summed E-state index contributed by atoms with van der Waals surface area (Å²) in [6.45, 7) is 34.1. The maximum absolute atomic E-state index is 16.1. The predicted molar refractivity (Wildman–Crippen MR) is 306 cm³/mol. The minimum atomic E-state index is -1.56. The maximum atomic E-state index is 16.1. The van der Waals surface area contributed by atoms with Gasteiger partial charge in [-0.05, 0) is 139 Å².